The number of piperazine rings is 1. The summed E-state index contributed by atoms with van der Waals surface area (Å²) in [7, 11) is 0. The number of hydrogen-bond donors (Lipinski definition) is 2. The maximum atomic E-state index is 13.3. The van der Waals surface area contributed by atoms with E-state index in [9.17, 15) is 14.0 Å². The standard InChI is InChI=1S/C19H21FN4O2/c1-14(25)21-16-5-7-17(8-6-16)22-19(26)24-11-9-23(10-12-24)18-4-2-3-15(20)13-18/h2-8,13H,9-12H2,1H3,(H,21,25)(H,22,26). The van der Waals surface area contributed by atoms with E-state index < -0.39 is 0 Å². The van der Waals surface area contributed by atoms with E-state index in [1.165, 1.54) is 19.1 Å². The molecule has 0 aliphatic carbocycles. The van der Waals surface area contributed by atoms with Gasteiger partial charge in [-0.25, -0.2) is 9.18 Å². The topological polar surface area (TPSA) is 64.7 Å². The van der Waals surface area contributed by atoms with Gasteiger partial charge in [-0.1, -0.05) is 6.07 Å². The van der Waals surface area contributed by atoms with E-state index in [-0.39, 0.29) is 17.8 Å². The predicted molar refractivity (Wildman–Crippen MR) is 100.0 cm³/mol. The summed E-state index contributed by atoms with van der Waals surface area (Å²) in [6.07, 6.45) is 0. The highest BCUT2D eigenvalue weighted by Crippen LogP contribution is 2.18. The molecule has 2 aromatic rings. The van der Waals surface area contributed by atoms with Crippen LogP contribution in [0, 0.1) is 5.82 Å². The van der Waals surface area contributed by atoms with Gasteiger partial charge in [0.15, 0.2) is 0 Å². The van der Waals surface area contributed by atoms with Gasteiger partial charge in [-0.3, -0.25) is 4.79 Å². The molecule has 0 radical (unpaired) electrons. The van der Waals surface area contributed by atoms with Crippen molar-refractivity contribution in [2.45, 2.75) is 6.92 Å². The number of anilines is 3. The summed E-state index contributed by atoms with van der Waals surface area (Å²) in [5.74, 6) is -0.400. The summed E-state index contributed by atoms with van der Waals surface area (Å²) in [5.41, 5.74) is 2.18. The van der Waals surface area contributed by atoms with Crippen LogP contribution in [-0.2, 0) is 4.79 Å². The fraction of sp³-hybridized carbons (Fsp3) is 0.263. The van der Waals surface area contributed by atoms with Crippen LogP contribution in [0.1, 0.15) is 6.92 Å². The van der Waals surface area contributed by atoms with Crippen LogP contribution in [0.5, 0.6) is 0 Å². The van der Waals surface area contributed by atoms with Crippen molar-refractivity contribution in [1.82, 2.24) is 4.90 Å². The van der Waals surface area contributed by atoms with Gasteiger partial charge in [0, 0.05) is 50.2 Å². The molecule has 1 heterocycles. The van der Waals surface area contributed by atoms with Crippen LogP contribution in [0.15, 0.2) is 48.5 Å². The lowest BCUT2D eigenvalue weighted by Gasteiger charge is -2.36. The first-order chi connectivity index (χ1) is 12.5. The SMILES string of the molecule is CC(=O)Nc1ccc(NC(=O)N2CCN(c3cccc(F)c3)CC2)cc1. The van der Waals surface area contributed by atoms with E-state index >= 15 is 0 Å². The van der Waals surface area contributed by atoms with Crippen molar-refractivity contribution >= 4 is 29.0 Å². The molecule has 3 amide bonds. The minimum atomic E-state index is -0.259. The molecule has 136 valence electrons. The van der Waals surface area contributed by atoms with Crippen molar-refractivity contribution in [1.29, 1.82) is 0 Å². The van der Waals surface area contributed by atoms with Crippen molar-refractivity contribution < 1.29 is 14.0 Å². The maximum Gasteiger partial charge on any atom is 0.321 e. The van der Waals surface area contributed by atoms with Crippen LogP contribution in [-0.4, -0.2) is 43.0 Å². The van der Waals surface area contributed by atoms with Gasteiger partial charge in [0.25, 0.3) is 0 Å². The van der Waals surface area contributed by atoms with Gasteiger partial charge in [-0.05, 0) is 42.5 Å². The predicted octanol–water partition coefficient (Wildman–Crippen LogP) is 3.14. The molecule has 1 aliphatic rings. The van der Waals surface area contributed by atoms with E-state index in [2.05, 4.69) is 15.5 Å². The summed E-state index contributed by atoms with van der Waals surface area (Å²) in [6.45, 7) is 3.87. The van der Waals surface area contributed by atoms with Gasteiger partial charge in [-0.15, -0.1) is 0 Å². The summed E-state index contributed by atoms with van der Waals surface area (Å²) in [6, 6.07) is 13.3. The number of hydrogen-bond acceptors (Lipinski definition) is 3. The molecule has 1 saturated heterocycles. The Balaban J connectivity index is 1.53. The molecule has 0 bridgehead atoms. The number of halogens is 1. The third-order valence-electron chi connectivity index (χ3n) is 4.20. The molecule has 3 rings (SSSR count). The Bertz CT molecular complexity index is 786. The number of urea groups is 1. The number of nitrogens with one attached hydrogen (secondary N) is 2. The third-order valence-corrected chi connectivity index (χ3v) is 4.20. The van der Waals surface area contributed by atoms with Gasteiger partial charge >= 0.3 is 6.03 Å². The van der Waals surface area contributed by atoms with Crippen LogP contribution < -0.4 is 15.5 Å². The van der Waals surface area contributed by atoms with Crippen molar-refractivity contribution in [3.05, 3.63) is 54.3 Å². The highest BCUT2D eigenvalue weighted by molar-refractivity contribution is 5.91. The number of rotatable bonds is 3. The minimum absolute atomic E-state index is 0.141. The molecule has 1 aliphatic heterocycles. The van der Waals surface area contributed by atoms with E-state index in [0.29, 0.717) is 37.6 Å². The summed E-state index contributed by atoms with van der Waals surface area (Å²) in [4.78, 5) is 27.2. The zero-order valence-electron chi connectivity index (χ0n) is 14.5. The second-order valence-corrected chi connectivity index (χ2v) is 6.14. The molecular formula is C19H21FN4O2. The number of carbonyl (C=O) groups excluding carboxylic acids is 2. The first-order valence-corrected chi connectivity index (χ1v) is 8.45. The molecule has 0 aromatic heterocycles. The summed E-state index contributed by atoms with van der Waals surface area (Å²) in [5, 5.41) is 5.53. The largest absolute Gasteiger partial charge is 0.368 e. The second kappa shape index (κ2) is 7.86. The fourth-order valence-electron chi connectivity index (χ4n) is 2.88. The normalized spacial score (nSPS) is 14.1. The van der Waals surface area contributed by atoms with Crippen molar-refractivity contribution in [2.75, 3.05) is 41.7 Å². The van der Waals surface area contributed by atoms with Crippen LogP contribution in [0.2, 0.25) is 0 Å². The Hall–Kier alpha value is -3.09. The zero-order chi connectivity index (χ0) is 18.5. The van der Waals surface area contributed by atoms with Gasteiger partial charge in [0.1, 0.15) is 5.82 Å². The lowest BCUT2D eigenvalue weighted by molar-refractivity contribution is -0.114. The fourth-order valence-corrected chi connectivity index (χ4v) is 2.88. The summed E-state index contributed by atoms with van der Waals surface area (Å²) >= 11 is 0. The van der Waals surface area contributed by atoms with Crippen LogP contribution in [0.4, 0.5) is 26.2 Å². The Labute approximate surface area is 151 Å². The molecule has 0 atom stereocenters. The van der Waals surface area contributed by atoms with Crippen molar-refractivity contribution in [3.8, 4) is 0 Å². The molecular weight excluding hydrogens is 335 g/mol. The Morgan fingerprint density at radius 1 is 0.923 bits per heavy atom. The Kier molecular flexibility index (Phi) is 5.36. The van der Waals surface area contributed by atoms with E-state index in [0.717, 1.165) is 5.69 Å². The van der Waals surface area contributed by atoms with Crippen LogP contribution in [0.25, 0.3) is 0 Å². The number of nitrogens with zero attached hydrogens (tertiary/aromatic N) is 2. The Morgan fingerprint density at radius 3 is 2.12 bits per heavy atom. The van der Waals surface area contributed by atoms with Crippen LogP contribution in [0.3, 0.4) is 0 Å². The molecule has 6 nitrogen and oxygen atoms in total. The van der Waals surface area contributed by atoms with E-state index in [1.807, 2.05) is 6.07 Å². The van der Waals surface area contributed by atoms with Crippen molar-refractivity contribution in [3.63, 3.8) is 0 Å². The maximum absolute atomic E-state index is 13.3. The second-order valence-electron chi connectivity index (χ2n) is 6.14. The first-order valence-electron chi connectivity index (χ1n) is 8.45. The summed E-state index contributed by atoms with van der Waals surface area (Å²) < 4.78 is 13.3. The molecule has 1 fully saturated rings. The van der Waals surface area contributed by atoms with Gasteiger partial charge in [-0.2, -0.15) is 0 Å². The molecule has 26 heavy (non-hydrogen) atoms. The van der Waals surface area contributed by atoms with Crippen molar-refractivity contribution in [2.24, 2.45) is 0 Å². The molecule has 7 heteroatoms. The zero-order valence-corrected chi connectivity index (χ0v) is 14.5. The number of amides is 3. The molecule has 0 unspecified atom stereocenters. The highest BCUT2D eigenvalue weighted by Gasteiger charge is 2.21. The van der Waals surface area contributed by atoms with Gasteiger partial charge in [0.2, 0.25) is 5.91 Å². The number of benzene rings is 2. The average Bonchev–Trinajstić information content (AvgIpc) is 2.63. The lowest BCUT2D eigenvalue weighted by Crippen LogP contribution is -2.50. The monoisotopic (exact) mass is 356 g/mol. The average molecular weight is 356 g/mol. The smallest absolute Gasteiger partial charge is 0.321 e. The number of carbonyl (C=O) groups is 2. The lowest BCUT2D eigenvalue weighted by atomic mass is 10.2. The van der Waals surface area contributed by atoms with Gasteiger partial charge in [0.05, 0.1) is 0 Å². The quantitative estimate of drug-likeness (QED) is 0.888. The molecule has 2 N–H and O–H groups in total. The van der Waals surface area contributed by atoms with Gasteiger partial charge < -0.3 is 20.4 Å². The molecule has 0 saturated carbocycles. The first kappa shape index (κ1) is 17.7. The Morgan fingerprint density at radius 2 is 1.54 bits per heavy atom. The molecule has 2 aromatic carbocycles. The molecule has 0 spiro atoms. The highest BCUT2D eigenvalue weighted by atomic mass is 19.1. The van der Waals surface area contributed by atoms with E-state index in [1.54, 1.807) is 35.2 Å². The third kappa shape index (κ3) is 4.50. The van der Waals surface area contributed by atoms with E-state index in [4.69, 9.17) is 0 Å². The minimum Gasteiger partial charge on any atom is -0.368 e. The van der Waals surface area contributed by atoms with Crippen LogP contribution >= 0.6 is 0 Å².